The highest BCUT2D eigenvalue weighted by molar-refractivity contribution is 14.1. The molecule has 0 aliphatic heterocycles. The Morgan fingerprint density at radius 1 is 1.26 bits per heavy atom. The topological polar surface area (TPSA) is 75.6 Å². The molecule has 1 aromatic carbocycles. The fourth-order valence-electron chi connectivity index (χ4n) is 1.21. The predicted octanol–water partition coefficient (Wildman–Crippen LogP) is 2.33. The Morgan fingerprint density at radius 2 is 1.95 bits per heavy atom. The zero-order valence-electron chi connectivity index (χ0n) is 9.58. The third kappa shape index (κ3) is 6.08. The Kier molecular flexibility index (Phi) is 7.83. The maximum Gasteiger partial charge on any atom is 0.329 e. The van der Waals surface area contributed by atoms with Gasteiger partial charge in [0.1, 0.15) is 6.61 Å². The molecule has 0 fully saturated rings. The number of carbonyl (C=O) groups excluding carboxylic acids is 1. The van der Waals surface area contributed by atoms with Gasteiger partial charge in [0.2, 0.25) is 0 Å². The van der Waals surface area contributed by atoms with Crippen molar-refractivity contribution in [2.24, 2.45) is 0 Å². The van der Waals surface area contributed by atoms with E-state index in [0.29, 0.717) is 5.56 Å². The molecule has 8 heteroatoms. The lowest BCUT2D eigenvalue weighted by atomic mass is 10.2. The second kappa shape index (κ2) is 8.56. The van der Waals surface area contributed by atoms with Crippen molar-refractivity contribution in [2.75, 3.05) is 19.8 Å². The number of rotatable bonds is 6. The van der Waals surface area contributed by atoms with Crippen molar-refractivity contribution in [1.29, 1.82) is 0 Å². The highest BCUT2D eigenvalue weighted by Gasteiger charge is 2.13. The van der Waals surface area contributed by atoms with Crippen molar-refractivity contribution in [3.8, 4) is 0 Å². The molecule has 19 heavy (non-hydrogen) atoms. The van der Waals surface area contributed by atoms with Crippen LogP contribution in [0.5, 0.6) is 0 Å². The molecular formula is C11H10I3NO4. The van der Waals surface area contributed by atoms with Crippen LogP contribution >= 0.6 is 67.8 Å². The summed E-state index contributed by atoms with van der Waals surface area (Å²) >= 11 is 6.48. The number of nitrogens with one attached hydrogen (secondary N) is 1. The Hall–Kier alpha value is 0.310. The fraction of sp³-hybridized carbons (Fsp3) is 0.273. The van der Waals surface area contributed by atoms with Gasteiger partial charge in [-0.05, 0) is 79.9 Å². The smallest absolute Gasteiger partial charge is 0.329 e. The maximum absolute atomic E-state index is 12.0. The van der Waals surface area contributed by atoms with Crippen molar-refractivity contribution >= 4 is 79.6 Å². The monoisotopic (exact) mass is 601 g/mol. The van der Waals surface area contributed by atoms with E-state index in [-0.39, 0.29) is 25.7 Å². The number of carbonyl (C=O) groups is 2. The largest absolute Gasteiger partial charge is 0.480 e. The summed E-state index contributed by atoms with van der Waals surface area (Å²) in [6.45, 7) is 0.106. The third-order valence-electron chi connectivity index (χ3n) is 2.00. The first kappa shape index (κ1) is 17.4. The minimum atomic E-state index is -1.02. The number of amides is 1. The average Bonchev–Trinajstić information content (AvgIpc) is 2.32. The summed E-state index contributed by atoms with van der Waals surface area (Å²) in [7, 11) is 0. The van der Waals surface area contributed by atoms with E-state index in [0.717, 1.165) is 10.7 Å². The molecule has 5 nitrogen and oxygen atoms in total. The number of benzene rings is 1. The second-order valence-corrected chi connectivity index (χ2v) is 6.94. The molecule has 1 amide bonds. The number of halogens is 3. The van der Waals surface area contributed by atoms with Crippen molar-refractivity contribution in [3.63, 3.8) is 0 Å². The molecule has 0 heterocycles. The van der Waals surface area contributed by atoms with Gasteiger partial charge in [-0.2, -0.15) is 0 Å². The Balaban J connectivity index is 2.52. The maximum atomic E-state index is 12.0. The van der Waals surface area contributed by atoms with Gasteiger partial charge in [-0.1, -0.05) is 0 Å². The number of ether oxygens (including phenoxy) is 1. The lowest BCUT2D eigenvalue weighted by molar-refractivity contribution is -0.142. The number of carboxylic acids is 1. The Morgan fingerprint density at radius 3 is 2.58 bits per heavy atom. The van der Waals surface area contributed by atoms with Crippen molar-refractivity contribution < 1.29 is 19.4 Å². The standard InChI is InChI=1S/C11H10I3NO4/c12-6-3-7(10(14)8(13)4-6)11(18)15-1-2-19-5-9(16)17/h3-4H,1-2,5H2,(H,15,18)(H,16,17). The van der Waals surface area contributed by atoms with E-state index in [4.69, 9.17) is 9.84 Å². The van der Waals surface area contributed by atoms with Gasteiger partial charge >= 0.3 is 5.97 Å². The summed E-state index contributed by atoms with van der Waals surface area (Å²) in [5.74, 6) is -1.20. The molecule has 1 rings (SSSR count). The van der Waals surface area contributed by atoms with Crippen molar-refractivity contribution in [3.05, 3.63) is 28.4 Å². The lowest BCUT2D eigenvalue weighted by Gasteiger charge is -2.09. The van der Waals surface area contributed by atoms with Gasteiger partial charge in [0, 0.05) is 17.3 Å². The van der Waals surface area contributed by atoms with Gasteiger partial charge < -0.3 is 15.2 Å². The van der Waals surface area contributed by atoms with Crippen LogP contribution in [0.25, 0.3) is 0 Å². The first-order valence-corrected chi connectivity index (χ1v) is 8.37. The summed E-state index contributed by atoms with van der Waals surface area (Å²) < 4.78 is 7.77. The van der Waals surface area contributed by atoms with Gasteiger partial charge in [0.15, 0.2) is 0 Å². The number of carboxylic acid groups (broad SMARTS) is 1. The normalized spacial score (nSPS) is 10.3. The molecule has 0 saturated heterocycles. The zero-order chi connectivity index (χ0) is 14.4. The zero-order valence-corrected chi connectivity index (χ0v) is 16.1. The molecule has 0 radical (unpaired) electrons. The molecule has 104 valence electrons. The van der Waals surface area contributed by atoms with E-state index in [9.17, 15) is 9.59 Å². The van der Waals surface area contributed by atoms with Crippen molar-refractivity contribution in [2.45, 2.75) is 0 Å². The minimum Gasteiger partial charge on any atom is -0.480 e. The van der Waals surface area contributed by atoms with Crippen LogP contribution in [0.1, 0.15) is 10.4 Å². The second-order valence-electron chi connectivity index (χ2n) is 3.45. The van der Waals surface area contributed by atoms with E-state index in [2.05, 4.69) is 73.1 Å². The van der Waals surface area contributed by atoms with Crippen LogP contribution in [0.4, 0.5) is 0 Å². The van der Waals surface area contributed by atoms with Crippen LogP contribution in [-0.2, 0) is 9.53 Å². The van der Waals surface area contributed by atoms with E-state index >= 15 is 0 Å². The summed E-state index contributed by atoms with van der Waals surface area (Å²) in [6.07, 6.45) is 0. The molecule has 2 N–H and O–H groups in total. The molecule has 1 aromatic rings. The average molecular weight is 601 g/mol. The van der Waals surface area contributed by atoms with Gasteiger partial charge in [-0.3, -0.25) is 4.79 Å². The summed E-state index contributed by atoms with van der Waals surface area (Å²) in [6, 6.07) is 3.81. The fourth-order valence-corrected chi connectivity index (χ4v) is 3.61. The SMILES string of the molecule is O=C(O)COCCNC(=O)c1cc(I)cc(I)c1I. The quantitative estimate of drug-likeness (QED) is 0.299. The van der Waals surface area contributed by atoms with Crippen LogP contribution in [0.2, 0.25) is 0 Å². The molecule has 0 saturated carbocycles. The summed E-state index contributed by atoms with van der Waals surface area (Å²) in [4.78, 5) is 22.2. The molecule has 0 aliphatic carbocycles. The van der Waals surface area contributed by atoms with Gasteiger partial charge in [0.05, 0.1) is 12.2 Å². The van der Waals surface area contributed by atoms with Crippen LogP contribution < -0.4 is 5.32 Å². The van der Waals surface area contributed by atoms with E-state index in [1.807, 2.05) is 12.1 Å². The Bertz CT molecular complexity index is 493. The lowest BCUT2D eigenvalue weighted by Crippen LogP contribution is -2.28. The number of hydrogen-bond donors (Lipinski definition) is 2. The molecule has 0 spiro atoms. The third-order valence-corrected chi connectivity index (χ3v) is 5.66. The first-order chi connectivity index (χ1) is 8.91. The van der Waals surface area contributed by atoms with Gasteiger partial charge in [-0.25, -0.2) is 4.79 Å². The molecule has 0 aliphatic rings. The van der Waals surface area contributed by atoms with Gasteiger partial charge in [0.25, 0.3) is 5.91 Å². The van der Waals surface area contributed by atoms with E-state index < -0.39 is 5.97 Å². The van der Waals surface area contributed by atoms with Crippen LogP contribution in [0, 0.1) is 10.7 Å². The molecule has 0 atom stereocenters. The summed E-state index contributed by atoms with van der Waals surface area (Å²) in [5, 5.41) is 11.1. The van der Waals surface area contributed by atoms with E-state index in [1.54, 1.807) is 0 Å². The Labute approximate surface area is 151 Å². The minimum absolute atomic E-state index is 0.176. The van der Waals surface area contributed by atoms with Crippen molar-refractivity contribution in [1.82, 2.24) is 5.32 Å². The van der Waals surface area contributed by atoms with E-state index in [1.165, 1.54) is 0 Å². The molecule has 0 aromatic heterocycles. The van der Waals surface area contributed by atoms with Crippen LogP contribution in [0.3, 0.4) is 0 Å². The molecular weight excluding hydrogens is 591 g/mol. The predicted molar refractivity (Wildman–Crippen MR) is 95.4 cm³/mol. The first-order valence-electron chi connectivity index (χ1n) is 5.14. The highest BCUT2D eigenvalue weighted by Crippen LogP contribution is 2.22. The summed E-state index contributed by atoms with van der Waals surface area (Å²) in [5.41, 5.74) is 0.620. The number of hydrogen-bond acceptors (Lipinski definition) is 3. The molecule has 0 unspecified atom stereocenters. The number of aliphatic carboxylic acids is 1. The van der Waals surface area contributed by atoms with Gasteiger partial charge in [-0.15, -0.1) is 0 Å². The van der Waals surface area contributed by atoms with Crippen LogP contribution in [-0.4, -0.2) is 36.7 Å². The molecule has 0 bridgehead atoms. The van der Waals surface area contributed by atoms with Crippen LogP contribution in [0.15, 0.2) is 12.1 Å². The highest BCUT2D eigenvalue weighted by atomic mass is 127.